The van der Waals surface area contributed by atoms with Crippen LogP contribution in [-0.4, -0.2) is 18.2 Å². The molecule has 0 aliphatic rings. The van der Waals surface area contributed by atoms with E-state index in [2.05, 4.69) is 0 Å². The van der Waals surface area contributed by atoms with Crippen LogP contribution in [0.2, 0.25) is 0 Å². The molecule has 0 heterocycles. The molecule has 0 bridgehead atoms. The van der Waals surface area contributed by atoms with Gasteiger partial charge in [0.2, 0.25) is 0 Å². The minimum Gasteiger partial charge on any atom is -0.410 e. The number of rotatable bonds is 5. The van der Waals surface area contributed by atoms with Crippen LogP contribution in [0.1, 0.15) is 16.7 Å². The van der Waals surface area contributed by atoms with Gasteiger partial charge in [-0.05, 0) is 36.2 Å². The maximum atomic E-state index is 14.5. The van der Waals surface area contributed by atoms with Crippen LogP contribution in [0.4, 0.5) is 14.9 Å². The summed E-state index contributed by atoms with van der Waals surface area (Å²) >= 11 is 0. The van der Waals surface area contributed by atoms with Crippen molar-refractivity contribution in [2.45, 2.75) is 20.1 Å². The van der Waals surface area contributed by atoms with Gasteiger partial charge in [-0.25, -0.2) is 9.18 Å². The third-order valence-corrected chi connectivity index (χ3v) is 3.56. The van der Waals surface area contributed by atoms with Gasteiger partial charge in [0.05, 0.1) is 12.3 Å². The second-order valence-electron chi connectivity index (χ2n) is 5.28. The number of hydrogen-bond acceptors (Lipinski definition) is 4. The molecule has 0 saturated carbocycles. The quantitative estimate of drug-likeness (QED) is 0.889. The van der Waals surface area contributed by atoms with Crippen molar-refractivity contribution < 1.29 is 19.0 Å². The average molecular weight is 318 g/mol. The Morgan fingerprint density at radius 1 is 1.35 bits per heavy atom. The Labute approximate surface area is 134 Å². The number of aliphatic hydroxyl groups is 1. The maximum Gasteiger partial charge on any atom is 0.409 e. The molecule has 2 rings (SSSR count). The van der Waals surface area contributed by atoms with Crippen LogP contribution in [0.15, 0.2) is 36.4 Å². The third kappa shape index (κ3) is 3.98. The zero-order valence-corrected chi connectivity index (χ0v) is 13.0. The Bertz CT molecular complexity index is 719. The smallest absolute Gasteiger partial charge is 0.409 e. The SMILES string of the molecule is Cc1ccc(N(C)Cc2cccc(OC(N)=O)c2)c(F)c1CO. The Hall–Kier alpha value is -2.60. The first-order valence-corrected chi connectivity index (χ1v) is 7.08. The number of halogens is 1. The Morgan fingerprint density at radius 3 is 2.74 bits per heavy atom. The topological polar surface area (TPSA) is 75.8 Å². The maximum absolute atomic E-state index is 14.5. The van der Waals surface area contributed by atoms with E-state index < -0.39 is 11.9 Å². The molecule has 0 unspecified atom stereocenters. The fraction of sp³-hybridized carbons (Fsp3) is 0.235. The number of benzene rings is 2. The molecular weight excluding hydrogens is 299 g/mol. The third-order valence-electron chi connectivity index (χ3n) is 3.56. The lowest BCUT2D eigenvalue weighted by Crippen LogP contribution is -2.19. The summed E-state index contributed by atoms with van der Waals surface area (Å²) in [6.45, 7) is 1.81. The molecule has 2 aromatic rings. The molecule has 0 aliphatic heterocycles. The standard InChI is InChI=1S/C17H19FN2O3/c1-11-6-7-15(16(18)14(11)10-21)20(2)9-12-4-3-5-13(8-12)23-17(19)22/h3-8,21H,9-10H2,1-2H3,(H2,19,22). The van der Waals surface area contributed by atoms with Crippen LogP contribution in [0.3, 0.4) is 0 Å². The van der Waals surface area contributed by atoms with Crippen molar-refractivity contribution in [2.75, 3.05) is 11.9 Å². The number of aliphatic hydroxyl groups excluding tert-OH is 1. The highest BCUT2D eigenvalue weighted by atomic mass is 19.1. The number of nitrogens with zero attached hydrogens (tertiary/aromatic N) is 1. The van der Waals surface area contributed by atoms with Crippen LogP contribution in [0.25, 0.3) is 0 Å². The minimum absolute atomic E-state index is 0.292. The lowest BCUT2D eigenvalue weighted by atomic mass is 10.1. The Morgan fingerprint density at radius 2 is 2.09 bits per heavy atom. The fourth-order valence-corrected chi connectivity index (χ4v) is 2.38. The summed E-state index contributed by atoms with van der Waals surface area (Å²) in [5.41, 5.74) is 7.21. The zero-order valence-electron chi connectivity index (χ0n) is 13.0. The van der Waals surface area contributed by atoms with Crippen molar-refractivity contribution in [1.29, 1.82) is 0 Å². The van der Waals surface area contributed by atoms with Crippen LogP contribution in [-0.2, 0) is 13.2 Å². The second-order valence-corrected chi connectivity index (χ2v) is 5.28. The molecule has 6 heteroatoms. The molecule has 0 aliphatic carbocycles. The zero-order chi connectivity index (χ0) is 17.0. The molecule has 0 aromatic heterocycles. The summed E-state index contributed by atoms with van der Waals surface area (Å²) in [7, 11) is 1.75. The first kappa shape index (κ1) is 16.8. The van der Waals surface area contributed by atoms with Gasteiger partial charge >= 0.3 is 6.09 Å². The van der Waals surface area contributed by atoms with E-state index in [-0.39, 0.29) is 6.61 Å². The molecule has 0 atom stereocenters. The van der Waals surface area contributed by atoms with E-state index in [1.807, 2.05) is 6.07 Å². The summed E-state index contributed by atoms with van der Waals surface area (Å²) in [6.07, 6.45) is -0.882. The van der Waals surface area contributed by atoms with Crippen LogP contribution >= 0.6 is 0 Å². The van der Waals surface area contributed by atoms with Crippen molar-refractivity contribution >= 4 is 11.8 Å². The van der Waals surface area contributed by atoms with Gasteiger partial charge in [0.15, 0.2) is 5.82 Å². The number of ether oxygens (including phenoxy) is 1. The summed E-state index contributed by atoms with van der Waals surface area (Å²) in [5, 5.41) is 9.30. The van der Waals surface area contributed by atoms with E-state index >= 15 is 0 Å². The molecule has 0 radical (unpaired) electrons. The molecule has 5 nitrogen and oxygen atoms in total. The van der Waals surface area contributed by atoms with E-state index in [0.29, 0.717) is 29.1 Å². The number of anilines is 1. The van der Waals surface area contributed by atoms with Crippen LogP contribution in [0.5, 0.6) is 5.75 Å². The van der Waals surface area contributed by atoms with Gasteiger partial charge in [0.25, 0.3) is 0 Å². The highest BCUT2D eigenvalue weighted by molar-refractivity contribution is 5.68. The number of hydrogen-bond donors (Lipinski definition) is 2. The number of carbonyl (C=O) groups excluding carboxylic acids is 1. The number of nitrogens with two attached hydrogens (primary N) is 1. The van der Waals surface area contributed by atoms with Crippen molar-refractivity contribution in [3.05, 3.63) is 58.9 Å². The molecule has 2 aromatic carbocycles. The highest BCUT2D eigenvalue weighted by Crippen LogP contribution is 2.26. The van der Waals surface area contributed by atoms with Crippen molar-refractivity contribution in [3.8, 4) is 5.75 Å². The van der Waals surface area contributed by atoms with E-state index in [1.165, 1.54) is 0 Å². The molecule has 1 amide bonds. The highest BCUT2D eigenvalue weighted by Gasteiger charge is 2.14. The van der Waals surface area contributed by atoms with E-state index in [9.17, 15) is 14.3 Å². The summed E-state index contributed by atoms with van der Waals surface area (Å²) < 4.78 is 19.3. The van der Waals surface area contributed by atoms with Gasteiger partial charge in [0.1, 0.15) is 5.75 Å². The Balaban J connectivity index is 2.22. The monoisotopic (exact) mass is 318 g/mol. The lowest BCUT2D eigenvalue weighted by molar-refractivity contribution is 0.211. The molecule has 0 saturated heterocycles. The molecule has 0 spiro atoms. The average Bonchev–Trinajstić information content (AvgIpc) is 2.47. The van der Waals surface area contributed by atoms with E-state index in [4.69, 9.17) is 10.5 Å². The van der Waals surface area contributed by atoms with Crippen molar-refractivity contribution in [3.63, 3.8) is 0 Å². The largest absolute Gasteiger partial charge is 0.410 e. The molecule has 0 fully saturated rings. The van der Waals surface area contributed by atoms with Gasteiger partial charge in [-0.3, -0.25) is 0 Å². The number of amides is 1. The minimum atomic E-state index is -0.882. The molecule has 3 N–H and O–H groups in total. The predicted octanol–water partition coefficient (Wildman–Crippen LogP) is 2.72. The molecular formula is C17H19FN2O3. The van der Waals surface area contributed by atoms with Crippen LogP contribution < -0.4 is 15.4 Å². The summed E-state index contributed by atoms with van der Waals surface area (Å²) in [6, 6.07) is 10.3. The fourth-order valence-electron chi connectivity index (χ4n) is 2.38. The van der Waals surface area contributed by atoms with Crippen molar-refractivity contribution in [1.82, 2.24) is 0 Å². The van der Waals surface area contributed by atoms with Gasteiger partial charge in [-0.1, -0.05) is 18.2 Å². The van der Waals surface area contributed by atoms with Gasteiger partial charge in [0, 0.05) is 19.2 Å². The van der Waals surface area contributed by atoms with Gasteiger partial charge < -0.3 is 20.5 Å². The van der Waals surface area contributed by atoms with Crippen LogP contribution in [0, 0.1) is 12.7 Å². The number of carbonyl (C=O) groups is 1. The first-order chi connectivity index (χ1) is 10.9. The van der Waals surface area contributed by atoms with E-state index in [1.54, 1.807) is 49.2 Å². The normalized spacial score (nSPS) is 10.4. The molecule has 122 valence electrons. The summed E-state index contributed by atoms with van der Waals surface area (Å²) in [5.74, 6) is -0.0941. The van der Waals surface area contributed by atoms with E-state index in [0.717, 1.165) is 5.56 Å². The second kappa shape index (κ2) is 7.11. The lowest BCUT2D eigenvalue weighted by Gasteiger charge is -2.22. The first-order valence-electron chi connectivity index (χ1n) is 7.08. The molecule has 23 heavy (non-hydrogen) atoms. The predicted molar refractivity (Wildman–Crippen MR) is 85.8 cm³/mol. The van der Waals surface area contributed by atoms with Gasteiger partial charge in [-0.2, -0.15) is 0 Å². The van der Waals surface area contributed by atoms with Gasteiger partial charge in [-0.15, -0.1) is 0 Å². The summed E-state index contributed by atoms with van der Waals surface area (Å²) in [4.78, 5) is 12.5. The number of primary amides is 1. The van der Waals surface area contributed by atoms with Crippen molar-refractivity contribution in [2.24, 2.45) is 5.73 Å². The number of aryl methyl sites for hydroxylation is 1. The Kier molecular flexibility index (Phi) is 5.18.